The fraction of sp³-hybridized carbons (Fsp3) is 0.308. The monoisotopic (exact) mass is 310 g/mol. The molecule has 2 N–H and O–H groups in total. The van der Waals surface area contributed by atoms with Crippen molar-refractivity contribution in [3.05, 3.63) is 30.3 Å². The third-order valence-corrected chi connectivity index (χ3v) is 3.88. The van der Waals surface area contributed by atoms with Crippen LogP contribution in [0.4, 0.5) is 5.69 Å². The first kappa shape index (κ1) is 14.8. The molecule has 0 radical (unpaired) electrons. The standard InChI is InChI=1S/C13H14N2O3S2/c16-11(14-9-4-2-1-3-5-9)8-20-13(19)15-10-6-7-18-12(10)17/h1-5,10H,6-8H2,(H,14,16)(H,15,19)/t10-/m0/s1. The first-order valence-corrected chi connectivity index (χ1v) is 7.49. The average Bonchev–Trinajstić information content (AvgIpc) is 2.83. The molecule has 0 aromatic heterocycles. The van der Waals surface area contributed by atoms with Gasteiger partial charge in [-0.2, -0.15) is 0 Å². The van der Waals surface area contributed by atoms with E-state index in [9.17, 15) is 9.59 Å². The van der Waals surface area contributed by atoms with Crippen LogP contribution >= 0.6 is 24.0 Å². The molecule has 0 spiro atoms. The SMILES string of the molecule is O=C(CSC(=S)N[C@H]1CCOC1=O)Nc1ccccc1. The van der Waals surface area contributed by atoms with E-state index >= 15 is 0 Å². The van der Waals surface area contributed by atoms with Crippen LogP contribution in [-0.4, -0.2) is 34.6 Å². The van der Waals surface area contributed by atoms with E-state index in [0.717, 1.165) is 5.69 Å². The molecule has 20 heavy (non-hydrogen) atoms. The first-order chi connectivity index (χ1) is 9.65. The van der Waals surface area contributed by atoms with Crippen molar-refractivity contribution >= 4 is 45.9 Å². The summed E-state index contributed by atoms with van der Waals surface area (Å²) in [5.41, 5.74) is 0.747. The number of thiocarbonyl (C=S) groups is 1. The Morgan fingerprint density at radius 1 is 1.40 bits per heavy atom. The fourth-order valence-electron chi connectivity index (χ4n) is 1.66. The number of amides is 1. The Hall–Kier alpha value is -1.60. The fourth-order valence-corrected chi connectivity index (χ4v) is 2.54. The molecule has 1 aliphatic rings. The number of para-hydroxylation sites is 1. The highest BCUT2D eigenvalue weighted by Gasteiger charge is 2.26. The van der Waals surface area contributed by atoms with Gasteiger partial charge in [-0.1, -0.05) is 42.2 Å². The number of anilines is 1. The molecule has 1 aromatic rings. The van der Waals surface area contributed by atoms with E-state index in [0.29, 0.717) is 17.3 Å². The van der Waals surface area contributed by atoms with E-state index in [1.807, 2.05) is 30.3 Å². The summed E-state index contributed by atoms with van der Waals surface area (Å²) < 4.78 is 5.25. The van der Waals surface area contributed by atoms with Crippen LogP contribution in [0.25, 0.3) is 0 Å². The zero-order chi connectivity index (χ0) is 14.4. The smallest absolute Gasteiger partial charge is 0.328 e. The highest BCUT2D eigenvalue weighted by molar-refractivity contribution is 8.23. The summed E-state index contributed by atoms with van der Waals surface area (Å²) in [6.45, 7) is 0.415. The quantitative estimate of drug-likeness (QED) is 0.650. The summed E-state index contributed by atoms with van der Waals surface area (Å²) >= 11 is 6.28. The number of carbonyl (C=O) groups excluding carboxylic acids is 2. The number of benzene rings is 1. The van der Waals surface area contributed by atoms with Crippen molar-refractivity contribution in [2.45, 2.75) is 12.5 Å². The molecule has 106 valence electrons. The van der Waals surface area contributed by atoms with Crippen molar-refractivity contribution in [1.29, 1.82) is 0 Å². The minimum atomic E-state index is -0.382. The maximum atomic E-state index is 11.7. The van der Waals surface area contributed by atoms with Crippen molar-refractivity contribution in [3.8, 4) is 0 Å². The zero-order valence-electron chi connectivity index (χ0n) is 10.6. The van der Waals surface area contributed by atoms with Crippen LogP contribution in [0.3, 0.4) is 0 Å². The summed E-state index contributed by atoms with van der Waals surface area (Å²) in [4.78, 5) is 23.0. The molecular formula is C13H14N2O3S2. The van der Waals surface area contributed by atoms with Gasteiger partial charge in [0.05, 0.1) is 12.4 Å². The average molecular weight is 310 g/mol. The van der Waals surface area contributed by atoms with Crippen LogP contribution in [0.1, 0.15) is 6.42 Å². The van der Waals surface area contributed by atoms with E-state index in [2.05, 4.69) is 10.6 Å². The number of hydrogen-bond donors (Lipinski definition) is 2. The van der Waals surface area contributed by atoms with Crippen molar-refractivity contribution < 1.29 is 14.3 Å². The van der Waals surface area contributed by atoms with E-state index < -0.39 is 0 Å². The molecule has 1 heterocycles. The van der Waals surface area contributed by atoms with Crippen LogP contribution in [-0.2, 0) is 14.3 Å². The lowest BCUT2D eigenvalue weighted by Crippen LogP contribution is -2.36. The van der Waals surface area contributed by atoms with Crippen LogP contribution < -0.4 is 10.6 Å². The van der Waals surface area contributed by atoms with Crippen molar-refractivity contribution in [2.75, 3.05) is 17.7 Å². The summed E-state index contributed by atoms with van der Waals surface area (Å²) in [5.74, 6) is -0.233. The zero-order valence-corrected chi connectivity index (χ0v) is 12.3. The van der Waals surface area contributed by atoms with Crippen LogP contribution in [0, 0.1) is 0 Å². The van der Waals surface area contributed by atoms with Gasteiger partial charge in [-0.25, -0.2) is 4.79 Å². The number of esters is 1. The van der Waals surface area contributed by atoms with Gasteiger partial charge in [-0.05, 0) is 12.1 Å². The minimum absolute atomic E-state index is 0.139. The van der Waals surface area contributed by atoms with Gasteiger partial charge in [0, 0.05) is 12.1 Å². The van der Waals surface area contributed by atoms with Gasteiger partial charge >= 0.3 is 5.97 Å². The lowest BCUT2D eigenvalue weighted by Gasteiger charge is -2.10. The Labute approximate surface area is 126 Å². The molecule has 2 rings (SSSR count). The normalized spacial score (nSPS) is 17.4. The molecule has 1 atom stereocenters. The van der Waals surface area contributed by atoms with Gasteiger partial charge in [0.15, 0.2) is 0 Å². The second-order valence-corrected chi connectivity index (χ2v) is 5.80. The number of ether oxygens (including phenoxy) is 1. The van der Waals surface area contributed by atoms with Gasteiger partial charge in [0.2, 0.25) is 5.91 Å². The van der Waals surface area contributed by atoms with Gasteiger partial charge in [0.1, 0.15) is 10.4 Å². The molecular weight excluding hydrogens is 296 g/mol. The molecule has 1 saturated heterocycles. The summed E-state index contributed by atoms with van der Waals surface area (Å²) in [6, 6.07) is 8.82. The van der Waals surface area contributed by atoms with Crippen molar-refractivity contribution in [2.24, 2.45) is 0 Å². The van der Waals surface area contributed by atoms with E-state index in [1.165, 1.54) is 11.8 Å². The molecule has 1 fully saturated rings. The lowest BCUT2D eigenvalue weighted by molar-refractivity contribution is -0.139. The van der Waals surface area contributed by atoms with Gasteiger partial charge < -0.3 is 15.4 Å². The highest BCUT2D eigenvalue weighted by Crippen LogP contribution is 2.11. The Bertz CT molecular complexity index is 508. The Kier molecular flexibility index (Phi) is 5.37. The second-order valence-electron chi connectivity index (χ2n) is 4.14. The third-order valence-electron chi connectivity index (χ3n) is 2.62. The molecule has 1 aromatic carbocycles. The largest absolute Gasteiger partial charge is 0.464 e. The number of hydrogen-bond acceptors (Lipinski definition) is 5. The first-order valence-electron chi connectivity index (χ1n) is 6.10. The minimum Gasteiger partial charge on any atom is -0.464 e. The molecule has 0 unspecified atom stereocenters. The molecule has 1 amide bonds. The number of rotatable bonds is 4. The number of thioether (sulfide) groups is 1. The van der Waals surface area contributed by atoms with Crippen LogP contribution in [0.5, 0.6) is 0 Å². The molecule has 0 bridgehead atoms. The Balaban J connectivity index is 1.70. The molecule has 7 heteroatoms. The predicted molar refractivity (Wildman–Crippen MR) is 82.6 cm³/mol. The van der Waals surface area contributed by atoms with E-state index in [1.54, 1.807) is 0 Å². The van der Waals surface area contributed by atoms with Gasteiger partial charge in [-0.15, -0.1) is 0 Å². The summed E-state index contributed by atoms with van der Waals surface area (Å²) in [7, 11) is 0. The van der Waals surface area contributed by atoms with Gasteiger partial charge in [-0.3, -0.25) is 4.79 Å². The van der Waals surface area contributed by atoms with Crippen molar-refractivity contribution in [3.63, 3.8) is 0 Å². The van der Waals surface area contributed by atoms with Gasteiger partial charge in [0.25, 0.3) is 0 Å². The Morgan fingerprint density at radius 2 is 2.15 bits per heavy atom. The number of cyclic esters (lactones) is 1. The maximum absolute atomic E-state index is 11.7. The predicted octanol–water partition coefficient (Wildman–Crippen LogP) is 1.55. The van der Waals surface area contributed by atoms with E-state index in [4.69, 9.17) is 17.0 Å². The maximum Gasteiger partial charge on any atom is 0.328 e. The number of nitrogens with one attached hydrogen (secondary N) is 2. The Morgan fingerprint density at radius 3 is 2.80 bits per heavy atom. The third kappa shape index (κ3) is 4.50. The molecule has 5 nitrogen and oxygen atoms in total. The lowest BCUT2D eigenvalue weighted by atomic mass is 10.3. The van der Waals surface area contributed by atoms with Crippen LogP contribution in [0.15, 0.2) is 30.3 Å². The summed E-state index contributed by atoms with van der Waals surface area (Å²) in [6.07, 6.45) is 0.607. The van der Waals surface area contributed by atoms with E-state index in [-0.39, 0.29) is 23.7 Å². The molecule has 1 aliphatic heterocycles. The number of carbonyl (C=O) groups is 2. The highest BCUT2D eigenvalue weighted by atomic mass is 32.2. The van der Waals surface area contributed by atoms with Crippen LogP contribution in [0.2, 0.25) is 0 Å². The molecule has 0 aliphatic carbocycles. The second kappa shape index (κ2) is 7.25. The molecule has 0 saturated carbocycles. The van der Waals surface area contributed by atoms with Crippen molar-refractivity contribution in [1.82, 2.24) is 5.32 Å². The topological polar surface area (TPSA) is 67.4 Å². The summed E-state index contributed by atoms with van der Waals surface area (Å²) in [5, 5.41) is 5.65.